The first-order valence-electron chi connectivity index (χ1n) is 6.75. The Bertz CT molecular complexity index is 384. The second kappa shape index (κ2) is 5.61. The van der Waals surface area contributed by atoms with Crippen LogP contribution in [-0.2, 0) is 0 Å². The summed E-state index contributed by atoms with van der Waals surface area (Å²) in [4.78, 5) is 2.08. The van der Waals surface area contributed by atoms with Crippen LogP contribution in [0.3, 0.4) is 0 Å². The van der Waals surface area contributed by atoms with Crippen LogP contribution >= 0.6 is 0 Å². The Morgan fingerprint density at radius 1 is 1.28 bits per heavy atom. The number of nitrogens with two attached hydrogens (primary N) is 1. The molecule has 0 aromatic heterocycles. The maximum atomic E-state index is 5.97. The van der Waals surface area contributed by atoms with Gasteiger partial charge in [0.25, 0.3) is 0 Å². The lowest BCUT2D eigenvalue weighted by molar-refractivity contribution is 0.157. The monoisotopic (exact) mass is 248 g/mol. The largest absolute Gasteiger partial charge is 0.493 e. The summed E-state index contributed by atoms with van der Waals surface area (Å²) in [6.07, 6.45) is 4.99. The molecule has 1 aromatic rings. The Morgan fingerprint density at radius 2 is 2.00 bits per heavy atom. The molecule has 1 aliphatic carbocycles. The van der Waals surface area contributed by atoms with Gasteiger partial charge in [-0.05, 0) is 25.0 Å². The highest BCUT2D eigenvalue weighted by Gasteiger charge is 2.33. The van der Waals surface area contributed by atoms with E-state index in [1.165, 1.54) is 31.4 Å². The lowest BCUT2D eigenvalue weighted by atomic mass is 9.87. The van der Waals surface area contributed by atoms with Crippen molar-refractivity contribution in [2.24, 2.45) is 11.1 Å². The van der Waals surface area contributed by atoms with Crippen molar-refractivity contribution in [1.82, 2.24) is 0 Å². The molecular weight excluding hydrogens is 224 g/mol. The van der Waals surface area contributed by atoms with Crippen LogP contribution in [0.15, 0.2) is 24.3 Å². The van der Waals surface area contributed by atoms with Crippen molar-refractivity contribution in [2.45, 2.75) is 25.7 Å². The molecular formula is C15H24N2O. The first-order chi connectivity index (χ1) is 8.65. The fraction of sp³-hybridized carbons (Fsp3) is 0.600. The minimum Gasteiger partial charge on any atom is -0.493 e. The molecule has 0 unspecified atom stereocenters. The van der Waals surface area contributed by atoms with Crippen LogP contribution in [0.2, 0.25) is 0 Å². The molecule has 0 heterocycles. The summed E-state index contributed by atoms with van der Waals surface area (Å²) < 4.78 is 5.97. The van der Waals surface area contributed by atoms with Crippen LogP contribution in [0.25, 0.3) is 0 Å². The summed E-state index contributed by atoms with van der Waals surface area (Å²) in [5.74, 6) is 0.945. The zero-order valence-corrected chi connectivity index (χ0v) is 11.5. The van der Waals surface area contributed by atoms with Gasteiger partial charge >= 0.3 is 0 Å². The smallest absolute Gasteiger partial charge is 0.121 e. The van der Waals surface area contributed by atoms with Gasteiger partial charge in [-0.3, -0.25) is 0 Å². The van der Waals surface area contributed by atoms with Gasteiger partial charge < -0.3 is 15.4 Å². The highest BCUT2D eigenvalue weighted by molar-refractivity contribution is 5.49. The molecule has 18 heavy (non-hydrogen) atoms. The molecule has 2 N–H and O–H groups in total. The zero-order chi connectivity index (χ0) is 13.0. The lowest BCUT2D eigenvalue weighted by Gasteiger charge is -2.27. The molecule has 0 spiro atoms. The van der Waals surface area contributed by atoms with Crippen molar-refractivity contribution in [1.29, 1.82) is 0 Å². The van der Waals surface area contributed by atoms with Gasteiger partial charge in [0.1, 0.15) is 5.75 Å². The molecule has 100 valence electrons. The molecule has 0 saturated heterocycles. The van der Waals surface area contributed by atoms with E-state index in [0.29, 0.717) is 0 Å². The van der Waals surface area contributed by atoms with E-state index in [9.17, 15) is 0 Å². The van der Waals surface area contributed by atoms with E-state index in [2.05, 4.69) is 17.0 Å². The minimum absolute atomic E-state index is 0.216. The Kier molecular flexibility index (Phi) is 4.12. The van der Waals surface area contributed by atoms with E-state index < -0.39 is 0 Å². The van der Waals surface area contributed by atoms with Gasteiger partial charge in [-0.25, -0.2) is 0 Å². The van der Waals surface area contributed by atoms with Crippen molar-refractivity contribution in [2.75, 3.05) is 32.1 Å². The van der Waals surface area contributed by atoms with E-state index in [1.807, 2.05) is 26.2 Å². The molecule has 0 aliphatic heterocycles. The molecule has 0 radical (unpaired) electrons. The maximum Gasteiger partial charge on any atom is 0.121 e. The standard InChI is InChI=1S/C15H24N2O/c1-17(2)13-6-5-7-14(10-13)18-12-15(11-16)8-3-4-9-15/h5-7,10H,3-4,8-9,11-12,16H2,1-2H3. The van der Waals surface area contributed by atoms with Gasteiger partial charge in [0.2, 0.25) is 0 Å². The zero-order valence-electron chi connectivity index (χ0n) is 11.5. The average molecular weight is 248 g/mol. The first-order valence-corrected chi connectivity index (χ1v) is 6.75. The number of anilines is 1. The molecule has 0 amide bonds. The fourth-order valence-electron chi connectivity index (χ4n) is 2.62. The quantitative estimate of drug-likeness (QED) is 0.870. The minimum atomic E-state index is 0.216. The van der Waals surface area contributed by atoms with E-state index in [0.717, 1.165) is 18.9 Å². The molecule has 3 heteroatoms. The summed E-state index contributed by atoms with van der Waals surface area (Å²) in [7, 11) is 4.08. The maximum absolute atomic E-state index is 5.97. The normalized spacial score (nSPS) is 17.7. The molecule has 1 fully saturated rings. The van der Waals surface area contributed by atoms with Gasteiger partial charge in [0.05, 0.1) is 6.61 Å². The number of nitrogens with zero attached hydrogens (tertiary/aromatic N) is 1. The Labute approximate surface area is 110 Å². The Morgan fingerprint density at radius 3 is 2.61 bits per heavy atom. The van der Waals surface area contributed by atoms with Crippen LogP contribution in [0, 0.1) is 5.41 Å². The second-order valence-electron chi connectivity index (χ2n) is 5.59. The number of benzene rings is 1. The molecule has 1 aliphatic rings. The summed E-state index contributed by atoms with van der Waals surface area (Å²) in [6, 6.07) is 8.22. The predicted octanol–water partition coefficient (Wildman–Crippen LogP) is 2.65. The molecule has 3 nitrogen and oxygen atoms in total. The third-order valence-corrected chi connectivity index (χ3v) is 3.98. The third kappa shape index (κ3) is 2.96. The van der Waals surface area contributed by atoms with E-state index in [4.69, 9.17) is 10.5 Å². The highest BCUT2D eigenvalue weighted by atomic mass is 16.5. The topological polar surface area (TPSA) is 38.5 Å². The number of rotatable bonds is 5. The predicted molar refractivity (Wildman–Crippen MR) is 76.2 cm³/mol. The number of ether oxygens (including phenoxy) is 1. The van der Waals surface area contributed by atoms with Crippen LogP contribution in [0.4, 0.5) is 5.69 Å². The third-order valence-electron chi connectivity index (χ3n) is 3.98. The summed E-state index contributed by atoms with van der Waals surface area (Å²) in [6.45, 7) is 1.49. The summed E-state index contributed by atoms with van der Waals surface area (Å²) >= 11 is 0. The molecule has 1 aromatic carbocycles. The van der Waals surface area contributed by atoms with Crippen molar-refractivity contribution < 1.29 is 4.74 Å². The molecule has 0 bridgehead atoms. The van der Waals surface area contributed by atoms with Crippen LogP contribution < -0.4 is 15.4 Å². The van der Waals surface area contributed by atoms with E-state index in [-0.39, 0.29) is 5.41 Å². The van der Waals surface area contributed by atoms with Crippen molar-refractivity contribution in [3.05, 3.63) is 24.3 Å². The van der Waals surface area contributed by atoms with Crippen LogP contribution in [0.5, 0.6) is 5.75 Å². The number of hydrogen-bond acceptors (Lipinski definition) is 3. The Hall–Kier alpha value is -1.22. The van der Waals surface area contributed by atoms with Crippen LogP contribution in [0.1, 0.15) is 25.7 Å². The van der Waals surface area contributed by atoms with E-state index >= 15 is 0 Å². The summed E-state index contributed by atoms with van der Waals surface area (Å²) in [5.41, 5.74) is 7.31. The summed E-state index contributed by atoms with van der Waals surface area (Å²) in [5, 5.41) is 0. The SMILES string of the molecule is CN(C)c1cccc(OCC2(CN)CCCC2)c1. The van der Waals surface area contributed by atoms with Gasteiger partial charge in [0.15, 0.2) is 0 Å². The average Bonchev–Trinajstić information content (AvgIpc) is 2.86. The Balaban J connectivity index is 1.99. The second-order valence-corrected chi connectivity index (χ2v) is 5.59. The van der Waals surface area contributed by atoms with Gasteiger partial charge in [-0.1, -0.05) is 18.9 Å². The number of hydrogen-bond donors (Lipinski definition) is 1. The highest BCUT2D eigenvalue weighted by Crippen LogP contribution is 2.37. The van der Waals surface area contributed by atoms with Gasteiger partial charge in [0, 0.05) is 37.8 Å². The lowest BCUT2D eigenvalue weighted by Crippen LogP contribution is -2.33. The molecule has 0 atom stereocenters. The van der Waals surface area contributed by atoms with E-state index in [1.54, 1.807) is 0 Å². The van der Waals surface area contributed by atoms with Crippen molar-refractivity contribution >= 4 is 5.69 Å². The van der Waals surface area contributed by atoms with Gasteiger partial charge in [-0.15, -0.1) is 0 Å². The molecule has 2 rings (SSSR count). The van der Waals surface area contributed by atoms with Crippen molar-refractivity contribution in [3.63, 3.8) is 0 Å². The van der Waals surface area contributed by atoms with Crippen molar-refractivity contribution in [3.8, 4) is 5.75 Å². The molecule has 1 saturated carbocycles. The van der Waals surface area contributed by atoms with Crippen LogP contribution in [-0.4, -0.2) is 27.2 Å². The van der Waals surface area contributed by atoms with Gasteiger partial charge in [-0.2, -0.15) is 0 Å². The fourth-order valence-corrected chi connectivity index (χ4v) is 2.62. The first kappa shape index (κ1) is 13.2.